The van der Waals surface area contributed by atoms with Gasteiger partial charge in [0.1, 0.15) is 0 Å². The summed E-state index contributed by atoms with van der Waals surface area (Å²) in [4.78, 5) is 0. The van der Waals surface area contributed by atoms with E-state index in [0.717, 1.165) is 20.9 Å². The molecule has 2 rings (SSSR count). The topological polar surface area (TPSA) is 0 Å². The first kappa shape index (κ1) is 12.1. The van der Waals surface area contributed by atoms with Crippen LogP contribution in [0.3, 0.4) is 0 Å². The van der Waals surface area contributed by atoms with Gasteiger partial charge in [0.25, 0.3) is 0 Å². The Bertz CT molecular complexity index is 764. The van der Waals surface area contributed by atoms with Gasteiger partial charge in [-0.15, -0.1) is 0 Å². The highest BCUT2D eigenvalue weighted by atomic mass is 14.0. The zero-order valence-corrected chi connectivity index (χ0v) is 10.4. The summed E-state index contributed by atoms with van der Waals surface area (Å²) in [6.07, 6.45) is 7.54. The average molecular weight is 232 g/mol. The molecule has 0 amide bonds. The molecule has 0 unspecified atom stereocenters. The van der Waals surface area contributed by atoms with Gasteiger partial charge < -0.3 is 0 Å². The summed E-state index contributed by atoms with van der Waals surface area (Å²) in [6, 6.07) is 8.25. The van der Waals surface area contributed by atoms with Gasteiger partial charge in [-0.25, -0.2) is 0 Å². The molecule has 0 aliphatic heterocycles. The fourth-order valence-corrected chi connectivity index (χ4v) is 2.22. The maximum atomic E-state index is 4.14. The van der Waals surface area contributed by atoms with E-state index in [0.29, 0.717) is 0 Å². The van der Waals surface area contributed by atoms with E-state index < -0.39 is 0 Å². The molecule has 88 valence electrons. The molecule has 0 atom stereocenters. The van der Waals surface area contributed by atoms with Crippen LogP contribution >= 0.6 is 0 Å². The molecule has 0 heterocycles. The standard InChI is InChI=1S/C18H16/c1-5-9-15-13(3)14(4)16(10-6-2)18-12-8-7-11-17(15)18/h5-12H,1-4H2/b15-9+,16-10+. The Morgan fingerprint density at radius 3 is 1.44 bits per heavy atom. The Morgan fingerprint density at radius 1 is 0.722 bits per heavy atom. The van der Waals surface area contributed by atoms with Crippen LogP contribution < -0.4 is 20.9 Å². The minimum Gasteiger partial charge on any atom is -0.0990 e. The summed E-state index contributed by atoms with van der Waals surface area (Å²) in [5.41, 5.74) is 0. The van der Waals surface area contributed by atoms with Crippen LogP contribution in [-0.4, -0.2) is 0 Å². The molecule has 2 aromatic carbocycles. The van der Waals surface area contributed by atoms with Crippen LogP contribution in [0.1, 0.15) is 0 Å². The van der Waals surface area contributed by atoms with Crippen molar-refractivity contribution in [1.29, 1.82) is 0 Å². The summed E-state index contributed by atoms with van der Waals surface area (Å²) in [5.74, 6) is 0. The Morgan fingerprint density at radius 2 is 1.11 bits per heavy atom. The molecular weight excluding hydrogens is 216 g/mol. The third kappa shape index (κ3) is 1.82. The summed E-state index contributed by atoms with van der Waals surface area (Å²) >= 11 is 0. The number of benzene rings is 2. The number of rotatable bonds is 2. The summed E-state index contributed by atoms with van der Waals surface area (Å²) in [6.45, 7) is 15.8. The Hall–Kier alpha value is -2.34. The second kappa shape index (κ2) is 4.89. The van der Waals surface area contributed by atoms with Crippen LogP contribution in [0.4, 0.5) is 0 Å². The molecule has 0 bridgehead atoms. The molecule has 0 radical (unpaired) electrons. The van der Waals surface area contributed by atoms with Crippen molar-refractivity contribution >= 4 is 36.1 Å². The minimum atomic E-state index is 0.946. The van der Waals surface area contributed by atoms with Crippen LogP contribution in [0.25, 0.3) is 36.1 Å². The lowest BCUT2D eigenvalue weighted by molar-refractivity contribution is 1.48. The Labute approximate surface area is 107 Å². The molecule has 0 fully saturated rings. The fourth-order valence-electron chi connectivity index (χ4n) is 2.22. The molecule has 0 aromatic heterocycles. The van der Waals surface area contributed by atoms with Crippen LogP contribution in [0.2, 0.25) is 0 Å². The maximum Gasteiger partial charge on any atom is -0.00992 e. The van der Waals surface area contributed by atoms with E-state index >= 15 is 0 Å². The third-order valence-electron chi connectivity index (χ3n) is 3.09. The van der Waals surface area contributed by atoms with Gasteiger partial charge in [-0.05, 0) is 31.6 Å². The maximum absolute atomic E-state index is 4.14. The van der Waals surface area contributed by atoms with Gasteiger partial charge in [-0.3, -0.25) is 0 Å². The number of fused-ring (bicyclic) bond motifs is 1. The zero-order chi connectivity index (χ0) is 13.1. The Balaban J connectivity index is 3.30. The molecular formula is C18H16. The SMILES string of the molecule is C=C/C=c1\c(=C)c(=C)/c(=C\C=C)c2ccccc12. The number of hydrogen-bond acceptors (Lipinski definition) is 0. The van der Waals surface area contributed by atoms with E-state index in [1.807, 2.05) is 24.3 Å². The molecule has 0 nitrogen and oxygen atoms in total. The lowest BCUT2D eigenvalue weighted by Crippen LogP contribution is -2.47. The second-order valence-corrected chi connectivity index (χ2v) is 4.13. The van der Waals surface area contributed by atoms with Crippen molar-refractivity contribution in [2.24, 2.45) is 0 Å². The van der Waals surface area contributed by atoms with Gasteiger partial charge in [-0.1, -0.05) is 74.9 Å². The first-order valence-corrected chi connectivity index (χ1v) is 5.84. The quantitative estimate of drug-likeness (QED) is 0.737. The highest BCUT2D eigenvalue weighted by molar-refractivity contribution is 5.85. The predicted octanol–water partition coefficient (Wildman–Crippen LogP) is 1.59. The van der Waals surface area contributed by atoms with Gasteiger partial charge in [-0.2, -0.15) is 0 Å². The molecule has 2 aromatic rings. The molecule has 0 aliphatic carbocycles. The van der Waals surface area contributed by atoms with Gasteiger partial charge in [0, 0.05) is 0 Å². The summed E-state index contributed by atoms with van der Waals surface area (Å²) in [5, 5.41) is 6.41. The monoisotopic (exact) mass is 232 g/mol. The minimum absolute atomic E-state index is 0.946. The van der Waals surface area contributed by atoms with E-state index in [1.54, 1.807) is 12.2 Å². The van der Waals surface area contributed by atoms with Gasteiger partial charge in [0.15, 0.2) is 0 Å². The van der Waals surface area contributed by atoms with Crippen LogP contribution in [0.5, 0.6) is 0 Å². The lowest BCUT2D eigenvalue weighted by atomic mass is 10.0. The van der Waals surface area contributed by atoms with Crippen molar-refractivity contribution in [1.82, 2.24) is 0 Å². The molecule has 0 aliphatic rings. The smallest absolute Gasteiger partial charge is 0.00992 e. The van der Waals surface area contributed by atoms with E-state index in [9.17, 15) is 0 Å². The normalized spacial score (nSPS) is 12.9. The van der Waals surface area contributed by atoms with Crippen molar-refractivity contribution < 1.29 is 0 Å². The average Bonchev–Trinajstić information content (AvgIpc) is 2.40. The summed E-state index contributed by atoms with van der Waals surface area (Å²) in [7, 11) is 0. The van der Waals surface area contributed by atoms with Gasteiger partial charge in [0.05, 0.1) is 0 Å². The van der Waals surface area contributed by atoms with Crippen molar-refractivity contribution in [2.75, 3.05) is 0 Å². The van der Waals surface area contributed by atoms with Gasteiger partial charge in [0.2, 0.25) is 0 Å². The van der Waals surface area contributed by atoms with Crippen molar-refractivity contribution in [3.05, 3.63) is 70.4 Å². The molecule has 0 spiro atoms. The first-order chi connectivity index (χ1) is 8.70. The van der Waals surface area contributed by atoms with E-state index in [2.05, 4.69) is 38.4 Å². The van der Waals surface area contributed by atoms with Crippen molar-refractivity contribution in [3.8, 4) is 0 Å². The van der Waals surface area contributed by atoms with Crippen LogP contribution in [-0.2, 0) is 0 Å². The largest absolute Gasteiger partial charge is 0.0990 e. The molecule has 0 N–H and O–H groups in total. The molecule has 0 saturated carbocycles. The number of hydrogen-bond donors (Lipinski definition) is 0. The predicted molar refractivity (Wildman–Crippen MR) is 82.8 cm³/mol. The van der Waals surface area contributed by atoms with E-state index in [1.165, 1.54) is 10.8 Å². The highest BCUT2D eigenvalue weighted by Crippen LogP contribution is 2.01. The van der Waals surface area contributed by atoms with Crippen molar-refractivity contribution in [2.45, 2.75) is 0 Å². The molecule has 18 heavy (non-hydrogen) atoms. The zero-order valence-electron chi connectivity index (χ0n) is 10.4. The first-order valence-electron chi connectivity index (χ1n) is 5.84. The Kier molecular flexibility index (Phi) is 3.29. The van der Waals surface area contributed by atoms with E-state index in [-0.39, 0.29) is 0 Å². The summed E-state index contributed by atoms with van der Waals surface area (Å²) < 4.78 is 0. The lowest BCUT2D eigenvalue weighted by Gasteiger charge is -2.02. The van der Waals surface area contributed by atoms with Crippen LogP contribution in [0.15, 0.2) is 49.6 Å². The molecule has 0 heteroatoms. The number of allylic oxidation sites excluding steroid dienone is 2. The third-order valence-corrected chi connectivity index (χ3v) is 3.09. The fraction of sp³-hybridized carbons (Fsp3) is 0. The molecule has 0 saturated heterocycles. The second-order valence-electron chi connectivity index (χ2n) is 4.13. The van der Waals surface area contributed by atoms with Crippen LogP contribution in [0, 0.1) is 0 Å². The van der Waals surface area contributed by atoms with E-state index in [4.69, 9.17) is 0 Å². The highest BCUT2D eigenvalue weighted by Gasteiger charge is 1.98. The van der Waals surface area contributed by atoms with Gasteiger partial charge >= 0.3 is 0 Å². The van der Waals surface area contributed by atoms with Crippen molar-refractivity contribution in [3.63, 3.8) is 0 Å².